The van der Waals surface area contributed by atoms with Crippen LogP contribution in [-0.2, 0) is 11.3 Å². The van der Waals surface area contributed by atoms with Crippen LogP contribution in [0.2, 0.25) is 0 Å². The van der Waals surface area contributed by atoms with Gasteiger partial charge in [0.05, 0.1) is 7.11 Å². The summed E-state index contributed by atoms with van der Waals surface area (Å²) in [5, 5.41) is 3.18. The fourth-order valence-electron chi connectivity index (χ4n) is 1.36. The number of nitrogen functional groups attached to an aromatic ring is 1. The largest absolute Gasteiger partial charge is 0.479 e. The van der Waals surface area contributed by atoms with Crippen molar-refractivity contribution in [2.45, 2.75) is 26.4 Å². The summed E-state index contributed by atoms with van der Waals surface area (Å²) in [6.45, 7) is 3.29. The summed E-state index contributed by atoms with van der Waals surface area (Å²) in [5.41, 5.74) is 6.32. The van der Waals surface area contributed by atoms with Gasteiger partial charge in [0.25, 0.3) is 0 Å². The topological polar surface area (TPSA) is 82.3 Å². The number of nitrogens with two attached hydrogens (primary N) is 1. The Labute approximate surface area is 102 Å². The molecular formula is C11H20N4O2. The molecule has 0 spiro atoms. The molecule has 1 heterocycles. The van der Waals surface area contributed by atoms with Crippen LogP contribution in [-0.4, -0.2) is 30.7 Å². The molecule has 0 aliphatic heterocycles. The summed E-state index contributed by atoms with van der Waals surface area (Å²) in [6, 6.07) is 0. The predicted molar refractivity (Wildman–Crippen MR) is 67.1 cm³/mol. The zero-order valence-corrected chi connectivity index (χ0v) is 10.6. The minimum atomic E-state index is 0.332. The summed E-state index contributed by atoms with van der Waals surface area (Å²) in [5.74, 6) is 1.54. The van der Waals surface area contributed by atoms with Gasteiger partial charge in [-0.1, -0.05) is 13.3 Å². The van der Waals surface area contributed by atoms with Gasteiger partial charge in [0.15, 0.2) is 11.6 Å². The highest BCUT2D eigenvalue weighted by molar-refractivity contribution is 5.66. The van der Waals surface area contributed by atoms with E-state index in [1.54, 1.807) is 7.11 Å². The van der Waals surface area contributed by atoms with Crippen LogP contribution in [0.5, 0.6) is 5.88 Å². The van der Waals surface area contributed by atoms with E-state index in [0.717, 1.165) is 19.4 Å². The van der Waals surface area contributed by atoms with Crippen LogP contribution in [0.15, 0.2) is 0 Å². The second-order valence-corrected chi connectivity index (χ2v) is 3.62. The van der Waals surface area contributed by atoms with Crippen molar-refractivity contribution in [3.05, 3.63) is 5.82 Å². The molecule has 1 aromatic heterocycles. The van der Waals surface area contributed by atoms with E-state index in [1.807, 2.05) is 0 Å². The normalized spacial score (nSPS) is 10.3. The molecule has 0 aliphatic carbocycles. The fraction of sp³-hybridized carbons (Fsp3) is 0.636. The van der Waals surface area contributed by atoms with Crippen molar-refractivity contribution in [3.63, 3.8) is 0 Å². The van der Waals surface area contributed by atoms with Crippen molar-refractivity contribution >= 4 is 11.5 Å². The molecule has 96 valence electrons. The minimum absolute atomic E-state index is 0.332. The average molecular weight is 240 g/mol. The van der Waals surface area contributed by atoms with Crippen molar-refractivity contribution in [1.82, 2.24) is 9.97 Å². The van der Waals surface area contributed by atoms with E-state index >= 15 is 0 Å². The molecule has 0 atom stereocenters. The van der Waals surface area contributed by atoms with E-state index in [0.29, 0.717) is 29.8 Å². The number of rotatable bonds is 7. The molecule has 0 unspecified atom stereocenters. The summed E-state index contributed by atoms with van der Waals surface area (Å²) >= 11 is 0. The SMILES string of the molecule is CCCCNc1nc(COC)nc(OC)c1N. The first-order valence-corrected chi connectivity index (χ1v) is 5.66. The van der Waals surface area contributed by atoms with Crippen molar-refractivity contribution < 1.29 is 9.47 Å². The third kappa shape index (κ3) is 3.74. The van der Waals surface area contributed by atoms with Gasteiger partial charge in [0.1, 0.15) is 12.3 Å². The molecule has 0 radical (unpaired) electrons. The van der Waals surface area contributed by atoms with Gasteiger partial charge >= 0.3 is 0 Å². The van der Waals surface area contributed by atoms with Gasteiger partial charge in [-0.25, -0.2) is 4.98 Å². The van der Waals surface area contributed by atoms with Gasteiger partial charge in [0.2, 0.25) is 5.88 Å². The van der Waals surface area contributed by atoms with Crippen LogP contribution in [0.1, 0.15) is 25.6 Å². The molecule has 0 saturated heterocycles. The summed E-state index contributed by atoms with van der Waals surface area (Å²) in [7, 11) is 3.13. The van der Waals surface area contributed by atoms with E-state index in [4.69, 9.17) is 15.2 Å². The third-order valence-corrected chi connectivity index (χ3v) is 2.25. The van der Waals surface area contributed by atoms with Gasteiger partial charge in [-0.2, -0.15) is 4.98 Å². The van der Waals surface area contributed by atoms with Crippen LogP contribution in [0, 0.1) is 0 Å². The summed E-state index contributed by atoms with van der Waals surface area (Å²) < 4.78 is 10.1. The predicted octanol–water partition coefficient (Wildman–Crippen LogP) is 1.43. The minimum Gasteiger partial charge on any atom is -0.479 e. The molecule has 6 nitrogen and oxygen atoms in total. The Morgan fingerprint density at radius 2 is 2.06 bits per heavy atom. The van der Waals surface area contributed by atoms with E-state index in [1.165, 1.54) is 7.11 Å². The van der Waals surface area contributed by atoms with Crippen molar-refractivity contribution in [2.24, 2.45) is 0 Å². The molecular weight excluding hydrogens is 220 g/mol. The molecule has 0 amide bonds. The molecule has 1 aromatic rings. The number of nitrogens with zero attached hydrogens (tertiary/aromatic N) is 2. The standard InChI is InChI=1S/C11H20N4O2/c1-4-5-6-13-10-9(12)11(17-3)15-8(14-10)7-16-2/h4-7,12H2,1-3H3,(H,13,14,15). The van der Waals surface area contributed by atoms with Crippen LogP contribution in [0.4, 0.5) is 11.5 Å². The van der Waals surface area contributed by atoms with Crippen LogP contribution in [0.3, 0.4) is 0 Å². The molecule has 17 heavy (non-hydrogen) atoms. The number of nitrogens with one attached hydrogen (secondary N) is 1. The highest BCUT2D eigenvalue weighted by Gasteiger charge is 2.11. The molecule has 6 heteroatoms. The van der Waals surface area contributed by atoms with E-state index < -0.39 is 0 Å². The second kappa shape index (κ2) is 6.90. The zero-order chi connectivity index (χ0) is 12.7. The number of hydrogen-bond acceptors (Lipinski definition) is 6. The number of unbranched alkanes of at least 4 members (excludes halogenated alkanes) is 1. The number of aromatic nitrogens is 2. The average Bonchev–Trinajstić information content (AvgIpc) is 2.33. The summed E-state index contributed by atoms with van der Waals surface area (Å²) in [6.07, 6.45) is 2.17. The van der Waals surface area contributed by atoms with Gasteiger partial charge in [-0.15, -0.1) is 0 Å². The van der Waals surface area contributed by atoms with Crippen molar-refractivity contribution in [1.29, 1.82) is 0 Å². The van der Waals surface area contributed by atoms with Gasteiger partial charge in [0, 0.05) is 13.7 Å². The zero-order valence-electron chi connectivity index (χ0n) is 10.6. The summed E-state index contributed by atoms with van der Waals surface area (Å²) in [4.78, 5) is 8.44. The Bertz CT molecular complexity index is 358. The maximum absolute atomic E-state index is 5.89. The quantitative estimate of drug-likeness (QED) is 0.701. The Kier molecular flexibility index (Phi) is 5.48. The number of hydrogen-bond donors (Lipinski definition) is 2. The Hall–Kier alpha value is -1.56. The lowest BCUT2D eigenvalue weighted by molar-refractivity contribution is 0.177. The molecule has 0 bridgehead atoms. The molecule has 0 aliphatic rings. The van der Waals surface area contributed by atoms with Gasteiger partial charge in [-0.05, 0) is 6.42 Å². The Morgan fingerprint density at radius 3 is 2.65 bits per heavy atom. The maximum atomic E-state index is 5.89. The van der Waals surface area contributed by atoms with Gasteiger partial charge in [-0.3, -0.25) is 0 Å². The fourth-order valence-corrected chi connectivity index (χ4v) is 1.36. The van der Waals surface area contributed by atoms with E-state index in [-0.39, 0.29) is 0 Å². The van der Waals surface area contributed by atoms with Crippen molar-refractivity contribution in [2.75, 3.05) is 31.8 Å². The van der Waals surface area contributed by atoms with Crippen LogP contribution in [0.25, 0.3) is 0 Å². The van der Waals surface area contributed by atoms with Gasteiger partial charge < -0.3 is 20.5 Å². The first-order chi connectivity index (χ1) is 8.22. The number of methoxy groups -OCH3 is 2. The molecule has 0 saturated carbocycles. The van der Waals surface area contributed by atoms with Crippen LogP contribution >= 0.6 is 0 Å². The second-order valence-electron chi connectivity index (χ2n) is 3.62. The highest BCUT2D eigenvalue weighted by atomic mass is 16.5. The van der Waals surface area contributed by atoms with E-state index in [2.05, 4.69) is 22.2 Å². The first kappa shape index (κ1) is 13.5. The lowest BCUT2D eigenvalue weighted by Gasteiger charge is -2.12. The lowest BCUT2D eigenvalue weighted by atomic mass is 10.3. The number of ether oxygens (including phenoxy) is 2. The Morgan fingerprint density at radius 1 is 1.29 bits per heavy atom. The molecule has 3 N–H and O–H groups in total. The number of anilines is 2. The highest BCUT2D eigenvalue weighted by Crippen LogP contribution is 2.25. The molecule has 1 rings (SSSR count). The molecule has 0 aromatic carbocycles. The molecule has 0 fully saturated rings. The van der Waals surface area contributed by atoms with E-state index in [9.17, 15) is 0 Å². The lowest BCUT2D eigenvalue weighted by Crippen LogP contribution is -2.11. The maximum Gasteiger partial charge on any atom is 0.242 e. The van der Waals surface area contributed by atoms with Crippen molar-refractivity contribution in [3.8, 4) is 5.88 Å². The first-order valence-electron chi connectivity index (χ1n) is 5.66. The third-order valence-electron chi connectivity index (χ3n) is 2.25. The Balaban J connectivity index is 2.88. The monoisotopic (exact) mass is 240 g/mol. The smallest absolute Gasteiger partial charge is 0.242 e. The van der Waals surface area contributed by atoms with Crippen LogP contribution < -0.4 is 15.8 Å².